The van der Waals surface area contributed by atoms with Crippen LogP contribution in [0.4, 0.5) is 5.69 Å². The molecule has 0 bridgehead atoms. The zero-order valence-corrected chi connectivity index (χ0v) is 18.5. The van der Waals surface area contributed by atoms with Crippen molar-refractivity contribution in [3.63, 3.8) is 0 Å². The fourth-order valence-corrected chi connectivity index (χ4v) is 3.63. The Morgan fingerprint density at radius 2 is 1.93 bits per heavy atom. The first-order valence-electron chi connectivity index (χ1n) is 8.83. The van der Waals surface area contributed by atoms with Gasteiger partial charge in [-0.15, -0.1) is 10.2 Å². The van der Waals surface area contributed by atoms with Crippen LogP contribution in [0.15, 0.2) is 51.1 Å². The predicted molar refractivity (Wildman–Crippen MR) is 117 cm³/mol. The van der Waals surface area contributed by atoms with Crippen molar-refractivity contribution >= 4 is 39.6 Å². The third-order valence-corrected chi connectivity index (χ3v) is 5.59. The van der Waals surface area contributed by atoms with Gasteiger partial charge in [0, 0.05) is 33.8 Å². The molecule has 156 valence electrons. The molecule has 0 fully saturated rings. The number of aromatic hydroxyl groups is 2. The van der Waals surface area contributed by atoms with Crippen LogP contribution in [0, 0.1) is 10.1 Å². The van der Waals surface area contributed by atoms with Gasteiger partial charge in [0.2, 0.25) is 5.16 Å². The zero-order chi connectivity index (χ0) is 21.8. The summed E-state index contributed by atoms with van der Waals surface area (Å²) in [6, 6.07) is 9.88. The molecule has 9 nitrogen and oxygen atoms in total. The molecule has 0 spiro atoms. The monoisotopic (exact) mass is 491 g/mol. The topological polar surface area (TPSA) is 127 Å². The molecule has 0 amide bonds. The minimum absolute atomic E-state index is 0.0273. The molecule has 0 saturated carbocycles. The minimum Gasteiger partial charge on any atom is -0.507 e. The van der Waals surface area contributed by atoms with E-state index < -0.39 is 16.4 Å². The van der Waals surface area contributed by atoms with Crippen LogP contribution in [-0.4, -0.2) is 36.2 Å². The van der Waals surface area contributed by atoms with Gasteiger partial charge in [0.1, 0.15) is 5.75 Å². The van der Waals surface area contributed by atoms with Crippen molar-refractivity contribution in [1.29, 1.82) is 0 Å². The van der Waals surface area contributed by atoms with Crippen molar-refractivity contribution in [2.75, 3.05) is 0 Å². The van der Waals surface area contributed by atoms with Gasteiger partial charge in [0.25, 0.3) is 0 Å². The van der Waals surface area contributed by atoms with E-state index >= 15 is 0 Å². The van der Waals surface area contributed by atoms with Crippen LogP contribution in [0.3, 0.4) is 0 Å². The van der Waals surface area contributed by atoms with Gasteiger partial charge in [0.05, 0.1) is 11.1 Å². The molecule has 0 aliphatic rings. The molecule has 0 unspecified atom stereocenters. The van der Waals surface area contributed by atoms with E-state index in [1.165, 1.54) is 18.0 Å². The minimum atomic E-state index is -0.732. The lowest BCUT2D eigenvalue weighted by atomic mass is 10.2. The smallest absolute Gasteiger partial charge is 0.311 e. The van der Waals surface area contributed by atoms with Crippen LogP contribution >= 0.6 is 27.7 Å². The Balaban J connectivity index is 1.91. The summed E-state index contributed by atoms with van der Waals surface area (Å²) in [6.45, 7) is 3.89. The van der Waals surface area contributed by atoms with Gasteiger partial charge < -0.3 is 10.2 Å². The van der Waals surface area contributed by atoms with Gasteiger partial charge in [-0.2, -0.15) is 9.78 Å². The molecular weight excluding hydrogens is 474 g/mol. The van der Waals surface area contributed by atoms with Crippen molar-refractivity contribution in [2.45, 2.75) is 30.7 Å². The van der Waals surface area contributed by atoms with E-state index in [-0.39, 0.29) is 17.2 Å². The maximum absolute atomic E-state index is 11.0. The van der Waals surface area contributed by atoms with Gasteiger partial charge in [-0.3, -0.25) is 10.1 Å². The predicted octanol–water partition coefficient (Wildman–Crippen LogP) is 4.66. The second-order valence-corrected chi connectivity index (χ2v) is 8.48. The number of phenols is 2. The van der Waals surface area contributed by atoms with Crippen LogP contribution < -0.4 is 0 Å². The largest absolute Gasteiger partial charge is 0.507 e. The Morgan fingerprint density at radius 1 is 1.23 bits per heavy atom. The number of thioether (sulfide) groups is 1. The van der Waals surface area contributed by atoms with Crippen molar-refractivity contribution < 1.29 is 15.1 Å². The van der Waals surface area contributed by atoms with E-state index in [9.17, 15) is 20.3 Å². The Labute approximate surface area is 184 Å². The molecule has 1 heterocycles. The van der Waals surface area contributed by atoms with Crippen molar-refractivity contribution in [3.8, 4) is 11.5 Å². The first kappa shape index (κ1) is 21.8. The quantitative estimate of drug-likeness (QED) is 0.213. The lowest BCUT2D eigenvalue weighted by molar-refractivity contribution is -0.385. The highest BCUT2D eigenvalue weighted by molar-refractivity contribution is 9.10. The van der Waals surface area contributed by atoms with Gasteiger partial charge in [-0.05, 0) is 17.7 Å². The number of halogens is 1. The summed E-state index contributed by atoms with van der Waals surface area (Å²) in [5.41, 5.74) is 0.665. The number of benzene rings is 2. The van der Waals surface area contributed by atoms with Crippen LogP contribution in [0.25, 0.3) is 0 Å². The van der Waals surface area contributed by atoms with Gasteiger partial charge in [-0.1, -0.05) is 53.7 Å². The lowest BCUT2D eigenvalue weighted by Gasteiger charge is -2.07. The van der Waals surface area contributed by atoms with Crippen molar-refractivity contribution in [1.82, 2.24) is 14.9 Å². The van der Waals surface area contributed by atoms with E-state index in [4.69, 9.17) is 0 Å². The summed E-state index contributed by atoms with van der Waals surface area (Å²) in [5.74, 6) is 0.337. The molecule has 30 heavy (non-hydrogen) atoms. The SMILES string of the molecule is CC(C)c1nnc(SCc2ccc(Br)cc2)n1/N=C/c1cc([N+](=O)[O-])c(O)cc1O. The number of nitrogens with zero attached hydrogens (tertiary/aromatic N) is 5. The molecule has 2 N–H and O–H groups in total. The van der Waals surface area contributed by atoms with Gasteiger partial charge in [-0.25, -0.2) is 0 Å². The maximum atomic E-state index is 11.0. The third kappa shape index (κ3) is 4.97. The Kier molecular flexibility index (Phi) is 6.73. The van der Waals surface area contributed by atoms with E-state index in [0.717, 1.165) is 22.2 Å². The van der Waals surface area contributed by atoms with E-state index in [0.29, 0.717) is 16.7 Å². The fourth-order valence-electron chi connectivity index (χ4n) is 2.52. The van der Waals surface area contributed by atoms with Crippen molar-refractivity contribution in [3.05, 3.63) is 67.9 Å². The van der Waals surface area contributed by atoms with Gasteiger partial charge in [0.15, 0.2) is 11.6 Å². The highest BCUT2D eigenvalue weighted by atomic mass is 79.9. The highest BCUT2D eigenvalue weighted by Crippen LogP contribution is 2.32. The number of phenolic OH excluding ortho intramolecular Hbond substituents is 2. The highest BCUT2D eigenvalue weighted by Gasteiger charge is 2.18. The molecule has 1 aromatic heterocycles. The molecule has 0 atom stereocenters. The molecule has 0 aliphatic carbocycles. The molecule has 3 aromatic rings. The lowest BCUT2D eigenvalue weighted by Crippen LogP contribution is -2.02. The van der Waals surface area contributed by atoms with Gasteiger partial charge >= 0.3 is 5.69 Å². The zero-order valence-electron chi connectivity index (χ0n) is 16.1. The third-order valence-electron chi connectivity index (χ3n) is 4.07. The molecule has 11 heteroatoms. The summed E-state index contributed by atoms with van der Waals surface area (Å²) in [7, 11) is 0. The van der Waals surface area contributed by atoms with Crippen LogP contribution in [0.5, 0.6) is 11.5 Å². The Morgan fingerprint density at radius 3 is 2.57 bits per heavy atom. The summed E-state index contributed by atoms with van der Waals surface area (Å²) in [5, 5.41) is 44.0. The Hall–Kier alpha value is -2.92. The molecule has 0 saturated heterocycles. The second kappa shape index (κ2) is 9.26. The number of hydrogen-bond donors (Lipinski definition) is 2. The van der Waals surface area contributed by atoms with E-state index in [2.05, 4.69) is 31.2 Å². The number of rotatable bonds is 7. The first-order valence-corrected chi connectivity index (χ1v) is 10.6. The van der Waals surface area contributed by atoms with E-state index in [1.807, 2.05) is 38.1 Å². The molecule has 0 aliphatic heterocycles. The maximum Gasteiger partial charge on any atom is 0.311 e. The summed E-state index contributed by atoms with van der Waals surface area (Å²) in [4.78, 5) is 10.3. The molecule has 0 radical (unpaired) electrons. The standard InChI is InChI=1S/C19H18BrN5O4S/c1-11(2)18-22-23-19(30-10-12-3-5-14(20)6-4-12)24(18)21-9-13-7-15(25(28)29)17(27)8-16(13)26/h3-9,11,26-27H,10H2,1-2H3/b21-9+. The molecule has 3 rings (SSSR count). The number of aromatic nitrogens is 3. The fraction of sp³-hybridized carbons (Fsp3) is 0.211. The average molecular weight is 492 g/mol. The van der Waals surface area contributed by atoms with Crippen LogP contribution in [-0.2, 0) is 5.75 Å². The number of nitro benzene ring substituents is 1. The van der Waals surface area contributed by atoms with Crippen molar-refractivity contribution in [2.24, 2.45) is 5.10 Å². The summed E-state index contributed by atoms with van der Waals surface area (Å²) in [6.07, 6.45) is 1.28. The van der Waals surface area contributed by atoms with Crippen LogP contribution in [0.2, 0.25) is 0 Å². The summed E-state index contributed by atoms with van der Waals surface area (Å²) < 4.78 is 2.54. The molecular formula is C19H18BrN5O4S. The second-order valence-electron chi connectivity index (χ2n) is 6.62. The first-order chi connectivity index (χ1) is 14.3. The van der Waals surface area contributed by atoms with E-state index in [1.54, 1.807) is 4.68 Å². The number of hydrogen-bond acceptors (Lipinski definition) is 8. The normalized spacial score (nSPS) is 11.5. The average Bonchev–Trinajstić information content (AvgIpc) is 3.09. The number of nitro groups is 1. The van der Waals surface area contributed by atoms with Crippen LogP contribution in [0.1, 0.15) is 36.7 Å². The Bertz CT molecular complexity index is 1100. The molecule has 2 aromatic carbocycles. The summed E-state index contributed by atoms with van der Waals surface area (Å²) >= 11 is 4.85.